The normalized spacial score (nSPS) is 18.9. The van der Waals surface area contributed by atoms with Gasteiger partial charge in [-0.3, -0.25) is 4.90 Å². The quantitative estimate of drug-likeness (QED) is 0.781. The zero-order chi connectivity index (χ0) is 11.4. The van der Waals surface area contributed by atoms with E-state index in [1.54, 1.807) is 0 Å². The summed E-state index contributed by atoms with van der Waals surface area (Å²) in [6.07, 6.45) is 7.81. The topological polar surface area (TPSA) is 29.0 Å². The Hall–Kier alpha value is -0.960. The highest BCUT2D eigenvalue weighted by atomic mass is 15.1. The van der Waals surface area contributed by atoms with E-state index >= 15 is 0 Å². The third kappa shape index (κ3) is 3.01. The summed E-state index contributed by atoms with van der Waals surface area (Å²) in [5.41, 5.74) is 1.13. The molecule has 0 spiro atoms. The van der Waals surface area contributed by atoms with Gasteiger partial charge in [0.1, 0.15) is 5.82 Å². The highest BCUT2D eigenvalue weighted by molar-refractivity contribution is 5.01. The first-order chi connectivity index (χ1) is 7.78. The van der Waals surface area contributed by atoms with Crippen LogP contribution in [0.2, 0.25) is 0 Å². The van der Waals surface area contributed by atoms with E-state index in [1.165, 1.54) is 32.4 Å². The molecule has 1 fully saturated rings. The molecule has 1 saturated heterocycles. The third-order valence-electron chi connectivity index (χ3n) is 3.48. The standard InChI is InChI=1S/C13H21N3/c1-3-12-4-6-16(7-5-12)10-13-14-8-11(2)9-15-13/h8-9,12H,3-7,10H2,1-2H3. The molecule has 0 atom stereocenters. The predicted molar refractivity (Wildman–Crippen MR) is 65.1 cm³/mol. The number of piperidine rings is 1. The van der Waals surface area contributed by atoms with Gasteiger partial charge in [0.25, 0.3) is 0 Å². The summed E-state index contributed by atoms with van der Waals surface area (Å²) in [5, 5.41) is 0. The second-order valence-corrected chi connectivity index (χ2v) is 4.80. The average Bonchev–Trinajstić information content (AvgIpc) is 2.33. The smallest absolute Gasteiger partial charge is 0.142 e. The molecule has 1 aromatic heterocycles. The van der Waals surface area contributed by atoms with E-state index < -0.39 is 0 Å². The molecule has 0 amide bonds. The highest BCUT2D eigenvalue weighted by Gasteiger charge is 2.18. The van der Waals surface area contributed by atoms with Crippen LogP contribution >= 0.6 is 0 Å². The van der Waals surface area contributed by atoms with Crippen LogP contribution in [-0.2, 0) is 6.54 Å². The number of hydrogen-bond donors (Lipinski definition) is 0. The van der Waals surface area contributed by atoms with E-state index in [2.05, 4.69) is 21.8 Å². The summed E-state index contributed by atoms with van der Waals surface area (Å²) in [6, 6.07) is 0. The molecule has 0 bridgehead atoms. The molecule has 0 N–H and O–H groups in total. The molecule has 1 aliphatic rings. The van der Waals surface area contributed by atoms with Gasteiger partial charge in [-0.05, 0) is 44.3 Å². The lowest BCUT2D eigenvalue weighted by atomic mass is 9.94. The molecule has 0 aromatic carbocycles. The van der Waals surface area contributed by atoms with Crippen LogP contribution in [0.5, 0.6) is 0 Å². The Balaban J connectivity index is 1.84. The maximum Gasteiger partial charge on any atom is 0.142 e. The molecule has 0 aliphatic carbocycles. The molecule has 3 heteroatoms. The summed E-state index contributed by atoms with van der Waals surface area (Å²) < 4.78 is 0. The van der Waals surface area contributed by atoms with E-state index in [9.17, 15) is 0 Å². The van der Waals surface area contributed by atoms with Crippen molar-refractivity contribution in [3.8, 4) is 0 Å². The molecule has 88 valence electrons. The molecule has 1 aromatic rings. The van der Waals surface area contributed by atoms with Gasteiger partial charge in [0.05, 0.1) is 6.54 Å². The number of rotatable bonds is 3. The van der Waals surface area contributed by atoms with Crippen molar-refractivity contribution in [2.24, 2.45) is 5.92 Å². The van der Waals surface area contributed by atoms with E-state index in [0.29, 0.717) is 0 Å². The maximum absolute atomic E-state index is 4.36. The molecular formula is C13H21N3. The monoisotopic (exact) mass is 219 g/mol. The van der Waals surface area contributed by atoms with Crippen molar-refractivity contribution in [2.45, 2.75) is 39.7 Å². The van der Waals surface area contributed by atoms with Crippen LogP contribution < -0.4 is 0 Å². The van der Waals surface area contributed by atoms with Crippen molar-refractivity contribution in [1.29, 1.82) is 0 Å². The first-order valence-corrected chi connectivity index (χ1v) is 6.28. The lowest BCUT2D eigenvalue weighted by Gasteiger charge is -2.30. The maximum atomic E-state index is 4.36. The number of aryl methyl sites for hydroxylation is 1. The Morgan fingerprint density at radius 2 is 1.88 bits per heavy atom. The highest BCUT2D eigenvalue weighted by Crippen LogP contribution is 2.20. The first kappa shape index (κ1) is 11.5. The van der Waals surface area contributed by atoms with Crippen LogP contribution in [-0.4, -0.2) is 28.0 Å². The van der Waals surface area contributed by atoms with Crippen molar-refractivity contribution < 1.29 is 0 Å². The Labute approximate surface area is 97.9 Å². The zero-order valence-corrected chi connectivity index (χ0v) is 10.3. The van der Waals surface area contributed by atoms with Gasteiger partial charge in [0.15, 0.2) is 0 Å². The van der Waals surface area contributed by atoms with Gasteiger partial charge in [-0.1, -0.05) is 13.3 Å². The predicted octanol–water partition coefficient (Wildman–Crippen LogP) is 2.41. The van der Waals surface area contributed by atoms with Crippen LogP contribution in [0.3, 0.4) is 0 Å². The number of aromatic nitrogens is 2. The van der Waals surface area contributed by atoms with Gasteiger partial charge in [-0.25, -0.2) is 9.97 Å². The molecular weight excluding hydrogens is 198 g/mol. The van der Waals surface area contributed by atoms with Crippen LogP contribution in [0, 0.1) is 12.8 Å². The Kier molecular flexibility index (Phi) is 3.88. The molecule has 2 heterocycles. The Morgan fingerprint density at radius 1 is 1.25 bits per heavy atom. The fourth-order valence-corrected chi connectivity index (χ4v) is 2.25. The summed E-state index contributed by atoms with van der Waals surface area (Å²) in [4.78, 5) is 11.2. The summed E-state index contributed by atoms with van der Waals surface area (Å²) >= 11 is 0. The minimum Gasteiger partial charge on any atom is -0.296 e. The van der Waals surface area contributed by atoms with Crippen molar-refractivity contribution in [2.75, 3.05) is 13.1 Å². The lowest BCUT2D eigenvalue weighted by Crippen LogP contribution is -2.33. The van der Waals surface area contributed by atoms with Gasteiger partial charge < -0.3 is 0 Å². The summed E-state index contributed by atoms with van der Waals surface area (Å²) in [5.74, 6) is 1.90. The minimum atomic E-state index is 0.913. The SMILES string of the molecule is CCC1CCN(Cc2ncc(C)cn2)CC1. The van der Waals surface area contributed by atoms with Crippen LogP contribution in [0.25, 0.3) is 0 Å². The van der Waals surface area contributed by atoms with E-state index in [-0.39, 0.29) is 0 Å². The van der Waals surface area contributed by atoms with Crippen LogP contribution in [0.15, 0.2) is 12.4 Å². The lowest BCUT2D eigenvalue weighted by molar-refractivity contribution is 0.171. The summed E-state index contributed by atoms with van der Waals surface area (Å²) in [7, 11) is 0. The molecule has 2 rings (SSSR count). The second kappa shape index (κ2) is 5.39. The summed E-state index contributed by atoms with van der Waals surface area (Å²) in [6.45, 7) is 7.64. The molecule has 0 saturated carbocycles. The fourth-order valence-electron chi connectivity index (χ4n) is 2.25. The largest absolute Gasteiger partial charge is 0.296 e. The van der Waals surface area contributed by atoms with Crippen molar-refractivity contribution in [3.05, 3.63) is 23.8 Å². The van der Waals surface area contributed by atoms with Crippen molar-refractivity contribution in [3.63, 3.8) is 0 Å². The van der Waals surface area contributed by atoms with Gasteiger partial charge in [0.2, 0.25) is 0 Å². The fraction of sp³-hybridized carbons (Fsp3) is 0.692. The first-order valence-electron chi connectivity index (χ1n) is 6.28. The number of hydrogen-bond acceptors (Lipinski definition) is 3. The van der Waals surface area contributed by atoms with Crippen molar-refractivity contribution >= 4 is 0 Å². The number of likely N-dealkylation sites (tertiary alicyclic amines) is 1. The van der Waals surface area contributed by atoms with E-state index in [0.717, 1.165) is 23.9 Å². The van der Waals surface area contributed by atoms with E-state index in [4.69, 9.17) is 0 Å². The number of nitrogens with zero attached hydrogens (tertiary/aromatic N) is 3. The average molecular weight is 219 g/mol. The minimum absolute atomic E-state index is 0.913. The molecule has 16 heavy (non-hydrogen) atoms. The molecule has 0 radical (unpaired) electrons. The molecule has 1 aliphatic heterocycles. The van der Waals surface area contributed by atoms with Gasteiger partial charge in [-0.15, -0.1) is 0 Å². The Morgan fingerprint density at radius 3 is 2.44 bits per heavy atom. The van der Waals surface area contributed by atoms with Crippen molar-refractivity contribution in [1.82, 2.24) is 14.9 Å². The van der Waals surface area contributed by atoms with Gasteiger partial charge in [0, 0.05) is 12.4 Å². The van der Waals surface area contributed by atoms with Crippen LogP contribution in [0.1, 0.15) is 37.6 Å². The van der Waals surface area contributed by atoms with E-state index in [1.807, 2.05) is 19.3 Å². The second-order valence-electron chi connectivity index (χ2n) is 4.80. The Bertz CT molecular complexity index is 312. The molecule has 3 nitrogen and oxygen atoms in total. The van der Waals surface area contributed by atoms with Crippen LogP contribution in [0.4, 0.5) is 0 Å². The van der Waals surface area contributed by atoms with Gasteiger partial charge >= 0.3 is 0 Å². The zero-order valence-electron chi connectivity index (χ0n) is 10.3. The van der Waals surface area contributed by atoms with Gasteiger partial charge in [-0.2, -0.15) is 0 Å². The molecule has 0 unspecified atom stereocenters. The third-order valence-corrected chi connectivity index (χ3v) is 3.48.